The largest absolute Gasteiger partial charge is 0.425 e. The number of carbonyl (C=O) groups is 2. The van der Waals surface area contributed by atoms with Crippen molar-refractivity contribution in [3.8, 4) is 32.5 Å². The summed E-state index contributed by atoms with van der Waals surface area (Å²) in [6, 6.07) is 13.4. The van der Waals surface area contributed by atoms with Gasteiger partial charge in [0.25, 0.3) is 11.8 Å². The maximum Gasteiger partial charge on any atom is 0.425 e. The van der Waals surface area contributed by atoms with E-state index in [2.05, 4.69) is 20.8 Å². The second-order valence-corrected chi connectivity index (χ2v) is 17.7. The summed E-state index contributed by atoms with van der Waals surface area (Å²) in [6.45, 7) is 0.480. The number of halogens is 4. The monoisotopic (exact) mass is 898 g/mol. The molecule has 0 fully saturated rings. The Morgan fingerprint density at radius 2 is 1.25 bits per heavy atom. The summed E-state index contributed by atoms with van der Waals surface area (Å²) in [4.78, 5) is 28.6. The second-order valence-electron chi connectivity index (χ2n) is 12.0. The predicted molar refractivity (Wildman–Crippen MR) is 208 cm³/mol. The molecule has 22 heteroatoms. The summed E-state index contributed by atoms with van der Waals surface area (Å²) in [5, 5.41) is 18.7. The van der Waals surface area contributed by atoms with Crippen LogP contribution in [0.3, 0.4) is 0 Å². The predicted octanol–water partition coefficient (Wildman–Crippen LogP) is 6.73. The van der Waals surface area contributed by atoms with Crippen LogP contribution in [0.1, 0.15) is 49.7 Å². The molecule has 6 aromatic rings. The Hall–Kier alpha value is -4.11. The molecule has 14 nitrogen and oxygen atoms in total. The molecule has 0 spiro atoms. The Morgan fingerprint density at radius 3 is 1.75 bits per heavy atom. The second kappa shape index (κ2) is 15.4. The number of fused-ring (bicyclic) bond motifs is 6. The molecule has 0 saturated heterocycles. The number of nitrogens with one attached hydrogen (secondary N) is 2. The molecule has 2 aliphatic carbocycles. The third-order valence-electron chi connectivity index (χ3n) is 8.55. The van der Waals surface area contributed by atoms with Crippen LogP contribution in [0.5, 0.6) is 0 Å². The maximum atomic E-state index is 13.5. The van der Waals surface area contributed by atoms with E-state index in [1.54, 1.807) is 52.4 Å². The molecule has 0 saturated carbocycles. The van der Waals surface area contributed by atoms with Gasteiger partial charge in [0.05, 0.1) is 42.6 Å². The van der Waals surface area contributed by atoms with Gasteiger partial charge in [-0.05, 0) is 71.5 Å². The van der Waals surface area contributed by atoms with Crippen LogP contribution in [0.15, 0.2) is 58.1 Å². The summed E-state index contributed by atoms with van der Waals surface area (Å²) in [5.41, 5.74) is 6.00. The number of hydrogen-bond acceptors (Lipinski definition) is 11. The fraction of sp³-hybridized carbons (Fsp3) is 0.152. The quantitative estimate of drug-likeness (QED) is 0.103. The lowest BCUT2D eigenvalue weighted by atomic mass is 10.1. The van der Waals surface area contributed by atoms with Crippen LogP contribution in [0.25, 0.3) is 32.5 Å². The molecule has 0 bridgehead atoms. The van der Waals surface area contributed by atoms with Gasteiger partial charge in [-0.2, -0.15) is 18.6 Å². The summed E-state index contributed by atoms with van der Waals surface area (Å²) in [6.07, 6.45) is 1.21. The Labute approximate surface area is 341 Å². The van der Waals surface area contributed by atoms with E-state index in [1.165, 1.54) is 10.7 Å². The molecule has 0 radical (unpaired) electrons. The highest BCUT2D eigenvalue weighted by Crippen LogP contribution is 2.47. The lowest BCUT2D eigenvalue weighted by molar-refractivity contribution is 0.0945. The zero-order chi connectivity index (χ0) is 39.3. The molecule has 55 heavy (non-hydrogen) atoms. The van der Waals surface area contributed by atoms with Crippen molar-refractivity contribution in [2.45, 2.75) is 23.5 Å². The van der Waals surface area contributed by atoms with E-state index in [9.17, 15) is 22.6 Å². The van der Waals surface area contributed by atoms with Crippen molar-refractivity contribution < 1.29 is 35.2 Å². The van der Waals surface area contributed by atoms with Crippen molar-refractivity contribution in [3.63, 3.8) is 0 Å². The summed E-state index contributed by atoms with van der Waals surface area (Å²) in [7, 11) is -7.54. The highest BCUT2D eigenvalue weighted by atomic mass is 35.5. The molecule has 4 aromatic heterocycles. The minimum atomic E-state index is -4.43. The molecule has 0 aliphatic heterocycles. The van der Waals surface area contributed by atoms with Crippen LogP contribution < -0.4 is 10.6 Å². The Kier molecular flexibility index (Phi) is 11.0. The number of hydrogen-bond donors (Lipinski definition) is 3. The van der Waals surface area contributed by atoms with Crippen molar-refractivity contribution in [2.75, 3.05) is 13.1 Å². The van der Waals surface area contributed by atoms with Crippen molar-refractivity contribution >= 4 is 102 Å². The lowest BCUT2D eigenvalue weighted by Crippen LogP contribution is -2.31. The number of benzene rings is 2. The molecule has 8 rings (SSSR count). The number of aromatic nitrogens is 4. The Balaban J connectivity index is 0.00000111. The van der Waals surface area contributed by atoms with Gasteiger partial charge >= 0.3 is 20.7 Å². The topological polar surface area (TPSA) is 199 Å². The molecule has 2 aromatic carbocycles. The van der Waals surface area contributed by atoms with Crippen LogP contribution >= 0.6 is 69.1 Å². The first-order valence-electron chi connectivity index (χ1n) is 15.8. The van der Waals surface area contributed by atoms with Gasteiger partial charge in [0, 0.05) is 47.1 Å². The van der Waals surface area contributed by atoms with E-state index < -0.39 is 26.6 Å². The van der Waals surface area contributed by atoms with E-state index in [1.807, 2.05) is 11.4 Å². The lowest BCUT2D eigenvalue weighted by Gasteiger charge is -2.09. The van der Waals surface area contributed by atoms with Crippen LogP contribution in [0.4, 0.5) is 0 Å². The fourth-order valence-electron chi connectivity index (χ4n) is 6.31. The molecule has 3 N–H and O–H groups in total. The van der Waals surface area contributed by atoms with E-state index in [0.717, 1.165) is 33.0 Å². The summed E-state index contributed by atoms with van der Waals surface area (Å²) < 4.78 is 61.7. The molecule has 0 atom stereocenters. The average Bonchev–Trinajstić information content (AvgIpc) is 3.92. The van der Waals surface area contributed by atoms with Gasteiger partial charge in [0.2, 0.25) is 0 Å². The SMILES string of the molecule is O=C(NCCCNC(=O)c1nn(-c2ccc(Cl)cc2Cl)c2c1Cc1cc(S(=O)(=O)O)sc1-2)c1nn(-c2ccc(Cl)cc2Cl)c2c1Cc1ccsc1-2.O=S(=O)=O. The zero-order valence-electron chi connectivity index (χ0n) is 27.5. The smallest absolute Gasteiger partial charge is 0.351 e. The van der Waals surface area contributed by atoms with Crippen LogP contribution in [0, 0.1) is 0 Å². The normalized spacial score (nSPS) is 12.3. The van der Waals surface area contributed by atoms with E-state index in [-0.39, 0.29) is 40.3 Å². The van der Waals surface area contributed by atoms with Gasteiger partial charge in [-0.15, -0.1) is 35.3 Å². The van der Waals surface area contributed by atoms with Gasteiger partial charge in [-0.3, -0.25) is 14.1 Å². The van der Waals surface area contributed by atoms with E-state index in [0.29, 0.717) is 66.7 Å². The summed E-state index contributed by atoms with van der Waals surface area (Å²) >= 11 is 27.8. The van der Waals surface area contributed by atoms with Gasteiger partial charge < -0.3 is 10.6 Å². The molecular formula is C33H22Cl4N6O8S4. The average molecular weight is 901 g/mol. The highest BCUT2D eigenvalue weighted by molar-refractivity contribution is 7.88. The highest BCUT2D eigenvalue weighted by Gasteiger charge is 2.35. The van der Waals surface area contributed by atoms with E-state index >= 15 is 0 Å². The first-order valence-corrected chi connectivity index (χ1v) is 21.4. The standard InChI is InChI=1S/C33H22Cl4N6O5S3.O3S/c34-17-2-4-23(21(36)13-17)42-28-19(10-15-6-9-49-30(15)28)26(40-42)32(44)38-7-1-8-39-33(45)27-20-11-16-12-25(51(46,47)48)50-31(16)29(20)43(41-27)24-5-3-18(35)14-22(24)37;1-4(2)3/h2-6,9,12-14H,1,7-8,10-11H2,(H,38,44)(H,39,45)(H,46,47,48);. The van der Waals surface area contributed by atoms with Crippen molar-refractivity contribution in [3.05, 3.63) is 108 Å². The fourth-order valence-corrected chi connectivity index (χ4v) is 10.2. The van der Waals surface area contributed by atoms with Crippen molar-refractivity contribution in [1.29, 1.82) is 0 Å². The molecular weight excluding hydrogens is 878 g/mol. The number of rotatable bonds is 9. The molecule has 0 unspecified atom stereocenters. The van der Waals surface area contributed by atoms with Crippen molar-refractivity contribution in [1.82, 2.24) is 30.2 Å². The maximum absolute atomic E-state index is 13.5. The Morgan fingerprint density at radius 1 is 0.764 bits per heavy atom. The number of amides is 2. The first kappa shape index (κ1) is 39.1. The minimum Gasteiger partial charge on any atom is -0.351 e. The van der Waals surface area contributed by atoms with Gasteiger partial charge in [-0.1, -0.05) is 46.4 Å². The zero-order valence-corrected chi connectivity index (χ0v) is 33.8. The molecule has 2 aliphatic rings. The molecule has 4 heterocycles. The van der Waals surface area contributed by atoms with Gasteiger partial charge in [0.15, 0.2) is 11.4 Å². The molecule has 2 amide bonds. The minimum absolute atomic E-state index is 0.145. The number of nitrogens with zero attached hydrogens (tertiary/aromatic N) is 4. The van der Waals surface area contributed by atoms with Crippen LogP contribution in [-0.4, -0.2) is 70.1 Å². The first-order chi connectivity index (χ1) is 26.1. The number of thiophene rings is 2. The third-order valence-corrected chi connectivity index (χ3v) is 13.1. The van der Waals surface area contributed by atoms with Crippen LogP contribution in [-0.2, 0) is 33.6 Å². The van der Waals surface area contributed by atoms with Crippen LogP contribution in [0.2, 0.25) is 20.1 Å². The number of carbonyl (C=O) groups excluding carboxylic acids is 2. The molecule has 284 valence electrons. The van der Waals surface area contributed by atoms with Gasteiger partial charge in [0.1, 0.15) is 4.21 Å². The van der Waals surface area contributed by atoms with Crippen molar-refractivity contribution in [2.24, 2.45) is 0 Å². The van der Waals surface area contributed by atoms with Gasteiger partial charge in [-0.25, -0.2) is 9.36 Å². The van der Waals surface area contributed by atoms with E-state index in [4.69, 9.17) is 59.0 Å². The summed E-state index contributed by atoms with van der Waals surface area (Å²) in [5.74, 6) is -0.794. The third kappa shape index (κ3) is 7.70. The Bertz CT molecular complexity index is 2790.